The molecule has 1 aromatic heterocycles. The van der Waals surface area contributed by atoms with Crippen LogP contribution in [-0.2, 0) is 0 Å². The van der Waals surface area contributed by atoms with E-state index in [0.717, 1.165) is 9.50 Å². The Kier molecular flexibility index (Phi) is 2.23. The molecule has 0 aliphatic carbocycles. The minimum Gasteiger partial charge on any atom is -0.134 e. The molecule has 0 aliphatic rings. The van der Waals surface area contributed by atoms with Crippen LogP contribution in [-0.4, -0.2) is 0 Å². The third kappa shape index (κ3) is 1.48. The standard InChI is InChI=1S/C12H6BrClS/c13-7-4-5-8-9-2-1-3-10(14)12(9)15-11(8)6-7/h1-6H. The van der Waals surface area contributed by atoms with Crippen LogP contribution in [0.5, 0.6) is 0 Å². The van der Waals surface area contributed by atoms with Gasteiger partial charge in [0.25, 0.3) is 0 Å². The molecule has 2 aromatic carbocycles. The quantitative estimate of drug-likeness (QED) is 0.516. The molecule has 0 aliphatic heterocycles. The molecule has 3 aromatic rings. The van der Waals surface area contributed by atoms with E-state index in [2.05, 4.69) is 40.2 Å². The van der Waals surface area contributed by atoms with Crippen LogP contribution in [0.25, 0.3) is 20.2 Å². The van der Waals surface area contributed by atoms with Gasteiger partial charge in [-0.1, -0.05) is 45.7 Å². The van der Waals surface area contributed by atoms with Gasteiger partial charge in [-0.25, -0.2) is 0 Å². The molecule has 0 bridgehead atoms. The molecule has 0 spiro atoms. The second-order valence-electron chi connectivity index (χ2n) is 3.36. The van der Waals surface area contributed by atoms with E-state index in [9.17, 15) is 0 Å². The first-order valence-electron chi connectivity index (χ1n) is 4.52. The third-order valence-corrected chi connectivity index (χ3v) is 4.53. The van der Waals surface area contributed by atoms with Gasteiger partial charge in [-0.2, -0.15) is 0 Å². The molecule has 0 saturated carbocycles. The van der Waals surface area contributed by atoms with Crippen molar-refractivity contribution in [3.63, 3.8) is 0 Å². The molecule has 0 atom stereocenters. The highest BCUT2D eigenvalue weighted by atomic mass is 79.9. The number of hydrogen-bond acceptors (Lipinski definition) is 1. The van der Waals surface area contributed by atoms with Crippen molar-refractivity contribution in [1.29, 1.82) is 0 Å². The Balaban J connectivity index is 2.57. The highest BCUT2D eigenvalue weighted by molar-refractivity contribution is 9.10. The lowest BCUT2D eigenvalue weighted by Gasteiger charge is -1.92. The van der Waals surface area contributed by atoms with E-state index < -0.39 is 0 Å². The Morgan fingerprint density at radius 1 is 1.07 bits per heavy atom. The summed E-state index contributed by atoms with van der Waals surface area (Å²) in [7, 11) is 0. The van der Waals surface area contributed by atoms with Gasteiger partial charge in [0.2, 0.25) is 0 Å². The summed E-state index contributed by atoms with van der Waals surface area (Å²) in [5.41, 5.74) is 0. The smallest absolute Gasteiger partial charge is 0.0584 e. The summed E-state index contributed by atoms with van der Waals surface area (Å²) in [5.74, 6) is 0. The maximum atomic E-state index is 6.17. The Morgan fingerprint density at radius 2 is 1.93 bits per heavy atom. The van der Waals surface area contributed by atoms with E-state index in [1.54, 1.807) is 11.3 Å². The molecule has 0 nitrogen and oxygen atoms in total. The summed E-state index contributed by atoms with van der Waals surface area (Å²) in [6, 6.07) is 12.4. The van der Waals surface area contributed by atoms with Gasteiger partial charge >= 0.3 is 0 Å². The molecule has 15 heavy (non-hydrogen) atoms. The van der Waals surface area contributed by atoms with Crippen molar-refractivity contribution < 1.29 is 0 Å². The maximum absolute atomic E-state index is 6.17. The van der Waals surface area contributed by atoms with Crippen molar-refractivity contribution in [1.82, 2.24) is 0 Å². The van der Waals surface area contributed by atoms with E-state index in [4.69, 9.17) is 11.6 Å². The SMILES string of the molecule is Clc1cccc2c1sc1cc(Br)ccc12. The van der Waals surface area contributed by atoms with Crippen LogP contribution < -0.4 is 0 Å². The molecular formula is C12H6BrClS. The monoisotopic (exact) mass is 296 g/mol. The molecule has 0 unspecified atom stereocenters. The lowest BCUT2D eigenvalue weighted by atomic mass is 10.1. The van der Waals surface area contributed by atoms with Crippen LogP contribution in [0.2, 0.25) is 5.02 Å². The summed E-state index contributed by atoms with van der Waals surface area (Å²) in [6.45, 7) is 0. The molecule has 0 N–H and O–H groups in total. The molecule has 0 saturated heterocycles. The van der Waals surface area contributed by atoms with Crippen molar-refractivity contribution in [2.45, 2.75) is 0 Å². The van der Waals surface area contributed by atoms with Crippen molar-refractivity contribution in [2.75, 3.05) is 0 Å². The van der Waals surface area contributed by atoms with E-state index in [-0.39, 0.29) is 0 Å². The number of halogens is 2. The fourth-order valence-corrected chi connectivity index (χ4v) is 3.69. The first-order chi connectivity index (χ1) is 7.25. The molecule has 0 radical (unpaired) electrons. The second kappa shape index (κ2) is 3.48. The van der Waals surface area contributed by atoms with Gasteiger partial charge in [0.05, 0.1) is 9.72 Å². The fraction of sp³-hybridized carbons (Fsp3) is 0. The predicted molar refractivity (Wildman–Crippen MR) is 72.0 cm³/mol. The number of thiophene rings is 1. The molecule has 3 rings (SSSR count). The van der Waals surface area contributed by atoms with E-state index in [0.29, 0.717) is 0 Å². The normalized spacial score (nSPS) is 11.3. The molecule has 74 valence electrons. The first-order valence-corrected chi connectivity index (χ1v) is 6.51. The zero-order valence-electron chi connectivity index (χ0n) is 7.63. The Labute approximate surface area is 105 Å². The van der Waals surface area contributed by atoms with Crippen LogP contribution in [0.3, 0.4) is 0 Å². The van der Waals surface area contributed by atoms with Gasteiger partial charge < -0.3 is 0 Å². The predicted octanol–water partition coefficient (Wildman–Crippen LogP) is 5.47. The molecular weight excluding hydrogens is 292 g/mol. The zero-order chi connectivity index (χ0) is 10.4. The second-order valence-corrected chi connectivity index (χ2v) is 5.73. The Bertz CT molecular complexity index is 657. The fourth-order valence-electron chi connectivity index (χ4n) is 1.74. The molecule has 0 fully saturated rings. The summed E-state index contributed by atoms with van der Waals surface area (Å²) in [6.07, 6.45) is 0. The van der Waals surface area contributed by atoms with Crippen LogP contribution in [0.1, 0.15) is 0 Å². The number of rotatable bonds is 0. The average molecular weight is 298 g/mol. The molecule has 3 heteroatoms. The van der Waals surface area contributed by atoms with Crippen LogP contribution in [0.15, 0.2) is 40.9 Å². The highest BCUT2D eigenvalue weighted by Crippen LogP contribution is 2.38. The zero-order valence-corrected chi connectivity index (χ0v) is 10.8. The average Bonchev–Trinajstić information content (AvgIpc) is 2.57. The first kappa shape index (κ1) is 9.64. The van der Waals surface area contributed by atoms with Gasteiger partial charge in [0, 0.05) is 19.9 Å². The number of hydrogen-bond donors (Lipinski definition) is 0. The van der Waals surface area contributed by atoms with Gasteiger partial charge in [-0.3, -0.25) is 0 Å². The number of fused-ring (bicyclic) bond motifs is 3. The van der Waals surface area contributed by atoms with Gasteiger partial charge in [0.15, 0.2) is 0 Å². The molecule has 1 heterocycles. The summed E-state index contributed by atoms with van der Waals surface area (Å²) in [4.78, 5) is 0. The van der Waals surface area contributed by atoms with Gasteiger partial charge in [-0.05, 0) is 18.2 Å². The molecule has 0 amide bonds. The Morgan fingerprint density at radius 3 is 2.80 bits per heavy atom. The van der Waals surface area contributed by atoms with Crippen molar-refractivity contribution in [3.05, 3.63) is 45.9 Å². The van der Waals surface area contributed by atoms with Gasteiger partial charge in [-0.15, -0.1) is 11.3 Å². The summed E-state index contributed by atoms with van der Waals surface area (Å²) >= 11 is 11.4. The minimum absolute atomic E-state index is 0.838. The van der Waals surface area contributed by atoms with Crippen molar-refractivity contribution in [2.24, 2.45) is 0 Å². The topological polar surface area (TPSA) is 0 Å². The lowest BCUT2D eigenvalue weighted by molar-refractivity contribution is 1.77. The largest absolute Gasteiger partial charge is 0.134 e. The Hall–Kier alpha value is -0.570. The van der Waals surface area contributed by atoms with Crippen LogP contribution >= 0.6 is 38.9 Å². The van der Waals surface area contributed by atoms with E-state index in [1.807, 2.05) is 12.1 Å². The van der Waals surface area contributed by atoms with E-state index >= 15 is 0 Å². The van der Waals surface area contributed by atoms with Crippen molar-refractivity contribution >= 4 is 59.0 Å². The highest BCUT2D eigenvalue weighted by Gasteiger charge is 2.07. The maximum Gasteiger partial charge on any atom is 0.0584 e. The van der Waals surface area contributed by atoms with Gasteiger partial charge in [0.1, 0.15) is 0 Å². The lowest BCUT2D eigenvalue weighted by Crippen LogP contribution is -1.67. The third-order valence-electron chi connectivity index (χ3n) is 2.41. The van der Waals surface area contributed by atoms with Crippen LogP contribution in [0, 0.1) is 0 Å². The summed E-state index contributed by atoms with van der Waals surface area (Å²) < 4.78 is 3.55. The van der Waals surface area contributed by atoms with Crippen molar-refractivity contribution in [3.8, 4) is 0 Å². The number of benzene rings is 2. The van der Waals surface area contributed by atoms with Crippen LogP contribution in [0.4, 0.5) is 0 Å². The minimum atomic E-state index is 0.838. The summed E-state index contributed by atoms with van der Waals surface area (Å²) in [5, 5.41) is 3.36. The van der Waals surface area contributed by atoms with E-state index in [1.165, 1.54) is 20.2 Å².